The Kier molecular flexibility index (Phi) is 12.3. The zero-order chi connectivity index (χ0) is 35.3. The monoisotopic (exact) mass is 868 g/mol. The molecule has 0 radical (unpaired) electrons. The molecule has 268 valence electrons. The molecule has 8 rings (SSSR count). The van der Waals surface area contributed by atoms with Crippen molar-refractivity contribution in [3.8, 4) is 22.3 Å². The minimum atomic E-state index is -0.548. The van der Waals surface area contributed by atoms with Gasteiger partial charge in [-0.3, -0.25) is 0 Å². The largest absolute Gasteiger partial charge is 4.00 e. The molecule has 54 heavy (non-hydrogen) atoms. The molecule has 1 heteroatoms. The van der Waals surface area contributed by atoms with E-state index in [9.17, 15) is 0 Å². The van der Waals surface area contributed by atoms with Crippen molar-refractivity contribution >= 4 is 21.5 Å². The van der Waals surface area contributed by atoms with Gasteiger partial charge in [0.05, 0.1) is 0 Å². The van der Waals surface area contributed by atoms with E-state index in [0.717, 1.165) is 0 Å². The van der Waals surface area contributed by atoms with Crippen LogP contribution in [0.25, 0.3) is 43.8 Å². The third kappa shape index (κ3) is 7.16. The molecule has 0 fully saturated rings. The fourth-order valence-electron chi connectivity index (χ4n) is 8.14. The fourth-order valence-corrected chi connectivity index (χ4v) is 8.14. The van der Waals surface area contributed by atoms with Crippen LogP contribution in [0, 0.1) is 28.7 Å². The summed E-state index contributed by atoms with van der Waals surface area (Å²) in [5.74, 6) is 0.943. The Balaban J connectivity index is 0.00000187. The van der Waals surface area contributed by atoms with Gasteiger partial charge in [-0.15, -0.1) is 69.1 Å². The van der Waals surface area contributed by atoms with E-state index in [1.165, 1.54) is 88.3 Å². The molecule has 0 saturated carbocycles. The molecule has 0 aromatic heterocycles. The van der Waals surface area contributed by atoms with Crippen molar-refractivity contribution in [2.75, 3.05) is 0 Å². The van der Waals surface area contributed by atoms with E-state index in [2.05, 4.69) is 199 Å². The maximum absolute atomic E-state index is 2.48. The van der Waals surface area contributed by atoms with E-state index in [-0.39, 0.29) is 40.7 Å². The van der Waals surface area contributed by atoms with Gasteiger partial charge in [-0.1, -0.05) is 159 Å². The molecule has 0 atom stereocenters. The summed E-state index contributed by atoms with van der Waals surface area (Å²) in [6.45, 7) is 13.4. The summed E-state index contributed by atoms with van der Waals surface area (Å²) in [5, 5.41) is 5.12. The molecule has 0 spiro atoms. The van der Waals surface area contributed by atoms with Gasteiger partial charge >= 0.3 is 25.8 Å². The number of hydrogen-bond acceptors (Lipinski definition) is 0. The van der Waals surface area contributed by atoms with E-state index in [1.54, 1.807) is 0 Å². The van der Waals surface area contributed by atoms with Crippen LogP contribution in [-0.2, 0) is 31.3 Å². The standard InChI is InChI=1S/C51H46.2CH3.Hf/c1-33(2)37-11-7-13-39(27-37)47-17-9-15-41-29-45(31-49(41)47)51(43-23-19-35(5)20-24-43,44-25-21-36(6)22-26-44)46-30-42-16-10-18-48(50(42)32-46)40-14-8-12-38(28-40)34(3)4;;;/h7-34H,1-6H3;2*1H3;/q-2;2*-1;+4. The predicted octanol–water partition coefficient (Wildman–Crippen LogP) is 14.9. The van der Waals surface area contributed by atoms with Crippen LogP contribution >= 0.6 is 0 Å². The first-order chi connectivity index (χ1) is 24.7. The minimum absolute atomic E-state index is 0. The Hall–Kier alpha value is -4.59. The number of aryl methyl sites for hydroxylation is 2. The molecule has 0 nitrogen and oxygen atoms in total. The van der Waals surface area contributed by atoms with Crippen LogP contribution in [0.15, 0.2) is 158 Å². The second-order valence-electron chi connectivity index (χ2n) is 15.1. The van der Waals surface area contributed by atoms with Gasteiger partial charge in [0.15, 0.2) is 0 Å². The van der Waals surface area contributed by atoms with Crippen molar-refractivity contribution in [1.82, 2.24) is 0 Å². The van der Waals surface area contributed by atoms with E-state index < -0.39 is 5.41 Å². The van der Waals surface area contributed by atoms with Crippen LogP contribution in [-0.4, -0.2) is 0 Å². The van der Waals surface area contributed by atoms with Crippen LogP contribution in [0.1, 0.15) is 84.0 Å². The van der Waals surface area contributed by atoms with Crippen LogP contribution < -0.4 is 0 Å². The van der Waals surface area contributed by atoms with E-state index in [0.29, 0.717) is 11.8 Å². The van der Waals surface area contributed by atoms with Crippen LogP contribution in [0.5, 0.6) is 0 Å². The topological polar surface area (TPSA) is 0 Å². The van der Waals surface area contributed by atoms with Gasteiger partial charge in [-0.05, 0) is 59.1 Å². The summed E-state index contributed by atoms with van der Waals surface area (Å²) >= 11 is 0. The molecule has 0 saturated heterocycles. The molecule has 0 bridgehead atoms. The number of benzene rings is 6. The zero-order valence-corrected chi connectivity index (χ0v) is 36.8. The first-order valence-corrected chi connectivity index (χ1v) is 18.5. The van der Waals surface area contributed by atoms with E-state index in [1.807, 2.05) is 0 Å². The normalized spacial score (nSPS) is 11.4. The summed E-state index contributed by atoms with van der Waals surface area (Å²) in [5.41, 5.74) is 14.9. The summed E-state index contributed by atoms with van der Waals surface area (Å²) in [6.07, 6.45) is 0. The maximum atomic E-state index is 2.48. The average molecular weight is 867 g/mol. The average Bonchev–Trinajstić information content (AvgIpc) is 3.79. The van der Waals surface area contributed by atoms with Gasteiger partial charge in [0.2, 0.25) is 0 Å². The van der Waals surface area contributed by atoms with Crippen LogP contribution in [0.3, 0.4) is 0 Å². The molecule has 0 aliphatic rings. The Morgan fingerprint density at radius 1 is 0.444 bits per heavy atom. The summed E-state index contributed by atoms with van der Waals surface area (Å²) < 4.78 is 0. The van der Waals surface area contributed by atoms with Crippen molar-refractivity contribution < 1.29 is 25.8 Å². The SMILES string of the molecule is Cc1ccc(C(c2ccc(C)cc2)(c2cc3c(-c4cccc(C(C)C)c4)cccc3[cH-]2)c2cc3c(-c4cccc(C(C)C)c4)cccc3[cH-]2)cc1.[CH3-].[CH3-].[Hf+4]. The van der Waals surface area contributed by atoms with Crippen molar-refractivity contribution in [2.24, 2.45) is 0 Å². The molecule has 0 N–H and O–H groups in total. The minimum Gasteiger partial charge on any atom is -0.358 e. The first kappa shape index (κ1) is 40.6. The van der Waals surface area contributed by atoms with Crippen molar-refractivity contribution in [3.05, 3.63) is 217 Å². The maximum Gasteiger partial charge on any atom is 4.00 e. The van der Waals surface area contributed by atoms with Gasteiger partial charge in [0.25, 0.3) is 0 Å². The summed E-state index contributed by atoms with van der Waals surface area (Å²) in [6, 6.07) is 60.1. The van der Waals surface area contributed by atoms with Crippen LogP contribution in [0.2, 0.25) is 0 Å². The number of hydrogen-bond donors (Lipinski definition) is 0. The van der Waals surface area contributed by atoms with Crippen molar-refractivity contribution in [1.29, 1.82) is 0 Å². The van der Waals surface area contributed by atoms with Crippen LogP contribution in [0.4, 0.5) is 0 Å². The third-order valence-corrected chi connectivity index (χ3v) is 11.1. The summed E-state index contributed by atoms with van der Waals surface area (Å²) in [4.78, 5) is 0. The smallest absolute Gasteiger partial charge is 0.358 e. The predicted molar refractivity (Wildman–Crippen MR) is 232 cm³/mol. The zero-order valence-electron chi connectivity index (χ0n) is 33.2. The van der Waals surface area contributed by atoms with Crippen molar-refractivity contribution in [3.63, 3.8) is 0 Å². The molecule has 0 amide bonds. The second kappa shape index (κ2) is 16.4. The van der Waals surface area contributed by atoms with E-state index >= 15 is 0 Å². The molecule has 0 heterocycles. The van der Waals surface area contributed by atoms with Gasteiger partial charge in [0, 0.05) is 5.41 Å². The van der Waals surface area contributed by atoms with Gasteiger partial charge < -0.3 is 14.9 Å². The second-order valence-corrected chi connectivity index (χ2v) is 15.1. The Labute approximate surface area is 343 Å². The number of fused-ring (bicyclic) bond motifs is 2. The molecule has 0 aliphatic carbocycles. The molecule has 0 unspecified atom stereocenters. The molecule has 8 aromatic carbocycles. The van der Waals surface area contributed by atoms with Gasteiger partial charge in [0.1, 0.15) is 0 Å². The quantitative estimate of drug-likeness (QED) is 0.105. The summed E-state index contributed by atoms with van der Waals surface area (Å²) in [7, 11) is 0. The Morgan fingerprint density at radius 3 is 1.19 bits per heavy atom. The Morgan fingerprint density at radius 2 is 0.815 bits per heavy atom. The first-order valence-electron chi connectivity index (χ1n) is 18.5. The number of rotatable bonds is 8. The Bertz CT molecular complexity index is 2300. The van der Waals surface area contributed by atoms with Crippen molar-refractivity contribution in [2.45, 2.75) is 58.8 Å². The molecular formula is C53H52Hf. The molecular weight excluding hydrogens is 815 g/mol. The molecule has 0 aliphatic heterocycles. The fraction of sp³-hybridized carbons (Fsp3) is 0.170. The third-order valence-electron chi connectivity index (χ3n) is 11.1. The van der Waals surface area contributed by atoms with E-state index in [4.69, 9.17) is 0 Å². The van der Waals surface area contributed by atoms with Gasteiger partial charge in [-0.2, -0.15) is 12.1 Å². The van der Waals surface area contributed by atoms with Gasteiger partial charge in [-0.25, -0.2) is 0 Å². The molecule has 8 aromatic rings.